The Morgan fingerprint density at radius 2 is 2.07 bits per heavy atom. The predicted octanol–water partition coefficient (Wildman–Crippen LogP) is 1.24. The van der Waals surface area contributed by atoms with Gasteiger partial charge in [0.15, 0.2) is 0 Å². The molecule has 0 fully saturated rings. The second-order valence-electron chi connectivity index (χ2n) is 3.91. The molecule has 84 valence electrons. The zero-order chi connectivity index (χ0) is 11.2. The van der Waals surface area contributed by atoms with Gasteiger partial charge in [-0.3, -0.25) is 4.79 Å². The summed E-state index contributed by atoms with van der Waals surface area (Å²) < 4.78 is 0. The van der Waals surface area contributed by atoms with Gasteiger partial charge in [0.05, 0.1) is 5.54 Å². The van der Waals surface area contributed by atoms with Gasteiger partial charge in [0.25, 0.3) is 0 Å². The molecule has 0 aliphatic carbocycles. The van der Waals surface area contributed by atoms with Crippen molar-refractivity contribution in [1.29, 1.82) is 0 Å². The maximum Gasteiger partial charge on any atom is 0.239 e. The van der Waals surface area contributed by atoms with E-state index in [0.29, 0.717) is 0 Å². The summed E-state index contributed by atoms with van der Waals surface area (Å²) in [6.07, 6.45) is 3.03. The van der Waals surface area contributed by atoms with Crippen LogP contribution in [-0.2, 0) is 4.79 Å². The van der Waals surface area contributed by atoms with E-state index < -0.39 is 5.54 Å². The summed E-state index contributed by atoms with van der Waals surface area (Å²) in [5.41, 5.74) is -0.480. The van der Waals surface area contributed by atoms with Crippen molar-refractivity contribution in [3.05, 3.63) is 0 Å². The van der Waals surface area contributed by atoms with Crippen LogP contribution in [0.4, 0.5) is 0 Å². The summed E-state index contributed by atoms with van der Waals surface area (Å²) in [5.74, 6) is 1.04. The van der Waals surface area contributed by atoms with Gasteiger partial charge in [-0.2, -0.15) is 11.8 Å². The van der Waals surface area contributed by atoms with Gasteiger partial charge >= 0.3 is 0 Å². The van der Waals surface area contributed by atoms with Gasteiger partial charge in [-0.05, 0) is 33.6 Å². The Bertz CT molecular complexity index is 183. The van der Waals surface area contributed by atoms with Crippen molar-refractivity contribution in [3.8, 4) is 0 Å². The highest BCUT2D eigenvalue weighted by Gasteiger charge is 2.26. The molecule has 0 bridgehead atoms. The third-order valence-electron chi connectivity index (χ3n) is 2.39. The molecule has 1 amide bonds. The normalized spacial score (nSPS) is 13.8. The van der Waals surface area contributed by atoms with Crippen LogP contribution in [0, 0.1) is 0 Å². The molecule has 0 aliphatic rings. The molecule has 1 atom stereocenters. The first kappa shape index (κ1) is 13.8. The second kappa shape index (κ2) is 6.30. The Morgan fingerprint density at radius 3 is 2.43 bits per heavy atom. The summed E-state index contributed by atoms with van der Waals surface area (Å²) in [6, 6.07) is 0.283. The zero-order valence-corrected chi connectivity index (χ0v) is 10.6. The molecule has 0 spiro atoms. The van der Waals surface area contributed by atoms with Crippen LogP contribution >= 0.6 is 11.8 Å². The molecule has 0 heterocycles. The van der Waals surface area contributed by atoms with Crippen molar-refractivity contribution in [2.24, 2.45) is 0 Å². The molecule has 0 aromatic carbocycles. The summed E-state index contributed by atoms with van der Waals surface area (Å²) in [6.45, 7) is 5.86. The van der Waals surface area contributed by atoms with Crippen molar-refractivity contribution in [2.45, 2.75) is 38.8 Å². The molecule has 0 rings (SSSR count). The van der Waals surface area contributed by atoms with Crippen molar-refractivity contribution >= 4 is 17.7 Å². The number of carbonyl (C=O) groups is 1. The van der Waals surface area contributed by atoms with Crippen LogP contribution in [0.5, 0.6) is 0 Å². The van der Waals surface area contributed by atoms with E-state index in [1.165, 1.54) is 0 Å². The number of carbonyl (C=O) groups excluding carboxylic acids is 1. The summed E-state index contributed by atoms with van der Waals surface area (Å²) >= 11 is 1.76. The van der Waals surface area contributed by atoms with Crippen LogP contribution in [0.15, 0.2) is 0 Å². The molecule has 2 N–H and O–H groups in total. The largest absolute Gasteiger partial charge is 0.351 e. The van der Waals surface area contributed by atoms with Crippen molar-refractivity contribution in [1.82, 2.24) is 10.6 Å². The number of likely N-dealkylation sites (N-methyl/N-ethyl adjacent to an activating group) is 1. The highest BCUT2D eigenvalue weighted by atomic mass is 32.2. The lowest BCUT2D eigenvalue weighted by atomic mass is 10.0. The van der Waals surface area contributed by atoms with E-state index in [-0.39, 0.29) is 11.9 Å². The Labute approximate surface area is 91.4 Å². The Hall–Kier alpha value is -0.220. The first-order valence-corrected chi connectivity index (χ1v) is 6.36. The quantitative estimate of drug-likeness (QED) is 0.705. The molecule has 3 nitrogen and oxygen atoms in total. The molecule has 0 saturated heterocycles. The lowest BCUT2D eigenvalue weighted by Gasteiger charge is -2.26. The smallest absolute Gasteiger partial charge is 0.239 e. The average Bonchev–Trinajstić information content (AvgIpc) is 2.16. The standard InChI is InChI=1S/C10H22N2OS/c1-6-8(7-14-5)12-9(13)10(2,3)11-4/h8,11H,6-7H2,1-5H3,(H,12,13). The minimum absolute atomic E-state index is 0.0703. The summed E-state index contributed by atoms with van der Waals surface area (Å²) in [5, 5.41) is 6.03. The van der Waals surface area contributed by atoms with E-state index in [9.17, 15) is 4.79 Å². The van der Waals surface area contributed by atoms with E-state index in [4.69, 9.17) is 0 Å². The highest BCUT2D eigenvalue weighted by molar-refractivity contribution is 7.98. The van der Waals surface area contributed by atoms with Gasteiger partial charge in [-0.1, -0.05) is 6.92 Å². The van der Waals surface area contributed by atoms with Crippen molar-refractivity contribution < 1.29 is 4.79 Å². The van der Waals surface area contributed by atoms with Gasteiger partial charge in [0.1, 0.15) is 0 Å². The SMILES string of the molecule is CCC(CSC)NC(=O)C(C)(C)NC. The zero-order valence-electron chi connectivity index (χ0n) is 9.81. The van der Waals surface area contributed by atoms with Crippen molar-refractivity contribution in [3.63, 3.8) is 0 Å². The monoisotopic (exact) mass is 218 g/mol. The molecular formula is C10H22N2OS. The highest BCUT2D eigenvalue weighted by Crippen LogP contribution is 2.05. The predicted molar refractivity (Wildman–Crippen MR) is 63.7 cm³/mol. The summed E-state index contributed by atoms with van der Waals surface area (Å²) in [4.78, 5) is 11.8. The van der Waals surface area contributed by atoms with Crippen LogP contribution in [-0.4, -0.2) is 36.5 Å². The third kappa shape index (κ3) is 4.33. The fraction of sp³-hybridized carbons (Fsp3) is 0.900. The fourth-order valence-corrected chi connectivity index (χ4v) is 1.66. The minimum atomic E-state index is -0.480. The molecule has 0 aliphatic heterocycles. The second-order valence-corrected chi connectivity index (χ2v) is 4.82. The number of thioether (sulfide) groups is 1. The number of nitrogens with one attached hydrogen (secondary N) is 2. The number of rotatable bonds is 6. The van der Waals surface area contributed by atoms with Crippen LogP contribution in [0.3, 0.4) is 0 Å². The van der Waals surface area contributed by atoms with E-state index >= 15 is 0 Å². The van der Waals surface area contributed by atoms with E-state index in [1.54, 1.807) is 18.8 Å². The molecule has 0 radical (unpaired) electrons. The average molecular weight is 218 g/mol. The lowest BCUT2D eigenvalue weighted by molar-refractivity contribution is -0.126. The Kier molecular flexibility index (Phi) is 6.20. The van der Waals surface area contributed by atoms with Crippen LogP contribution < -0.4 is 10.6 Å². The Balaban J connectivity index is 4.15. The molecule has 0 aromatic rings. The van der Waals surface area contributed by atoms with Gasteiger partial charge in [0, 0.05) is 11.8 Å². The third-order valence-corrected chi connectivity index (χ3v) is 3.12. The molecule has 0 saturated carbocycles. The Morgan fingerprint density at radius 1 is 1.50 bits per heavy atom. The first-order chi connectivity index (χ1) is 6.47. The van der Waals surface area contributed by atoms with Crippen molar-refractivity contribution in [2.75, 3.05) is 19.1 Å². The van der Waals surface area contributed by atoms with Gasteiger partial charge in [-0.15, -0.1) is 0 Å². The van der Waals surface area contributed by atoms with Crippen LogP contribution in [0.1, 0.15) is 27.2 Å². The van der Waals surface area contributed by atoms with Gasteiger partial charge < -0.3 is 10.6 Å². The lowest BCUT2D eigenvalue weighted by Crippen LogP contribution is -2.54. The van der Waals surface area contributed by atoms with Crippen LogP contribution in [0.25, 0.3) is 0 Å². The van der Waals surface area contributed by atoms with E-state index in [2.05, 4.69) is 23.8 Å². The van der Waals surface area contributed by atoms with E-state index in [1.807, 2.05) is 13.8 Å². The number of amides is 1. The fourth-order valence-electron chi connectivity index (χ4n) is 0.942. The van der Waals surface area contributed by atoms with E-state index in [0.717, 1.165) is 12.2 Å². The number of hydrogen-bond donors (Lipinski definition) is 2. The molecule has 1 unspecified atom stereocenters. The molecule has 0 aromatic heterocycles. The molecule has 14 heavy (non-hydrogen) atoms. The maximum absolute atomic E-state index is 11.8. The summed E-state index contributed by atoms with van der Waals surface area (Å²) in [7, 11) is 1.80. The maximum atomic E-state index is 11.8. The minimum Gasteiger partial charge on any atom is -0.351 e. The topological polar surface area (TPSA) is 41.1 Å². The molecule has 4 heteroatoms. The van der Waals surface area contributed by atoms with Gasteiger partial charge in [0.2, 0.25) is 5.91 Å². The number of hydrogen-bond acceptors (Lipinski definition) is 3. The van der Waals surface area contributed by atoms with Crippen LogP contribution in [0.2, 0.25) is 0 Å². The first-order valence-electron chi connectivity index (χ1n) is 4.96. The molecular weight excluding hydrogens is 196 g/mol. The van der Waals surface area contributed by atoms with Gasteiger partial charge in [-0.25, -0.2) is 0 Å².